The Bertz CT molecular complexity index is 472. The third-order valence-corrected chi connectivity index (χ3v) is 4.63. The highest BCUT2D eigenvalue weighted by molar-refractivity contribution is 5.59. The number of anilines is 2. The highest BCUT2D eigenvalue weighted by atomic mass is 15.2. The van der Waals surface area contributed by atoms with Gasteiger partial charge < -0.3 is 10.2 Å². The predicted octanol–water partition coefficient (Wildman–Crippen LogP) is 3.79. The van der Waals surface area contributed by atoms with Crippen molar-refractivity contribution in [2.45, 2.75) is 66.3 Å². The van der Waals surface area contributed by atoms with Crippen LogP contribution < -0.4 is 10.2 Å². The average molecular weight is 290 g/mol. The Labute approximate surface area is 129 Å². The van der Waals surface area contributed by atoms with Gasteiger partial charge in [-0.2, -0.15) is 0 Å². The van der Waals surface area contributed by atoms with E-state index in [1.54, 1.807) is 0 Å². The van der Waals surface area contributed by atoms with Gasteiger partial charge in [-0.1, -0.05) is 13.8 Å². The number of piperidine rings is 1. The van der Waals surface area contributed by atoms with Crippen LogP contribution in [0.15, 0.2) is 0 Å². The van der Waals surface area contributed by atoms with Gasteiger partial charge in [-0.05, 0) is 46.0 Å². The molecule has 1 aromatic heterocycles. The standard InChI is InChI=1S/C17H30N4/c1-6-9-15-19-16(18-7-2)13(4)17(20-15)21-11-8-10-12(3)14(21)5/h12,14H,6-11H2,1-5H3,(H,18,19,20). The van der Waals surface area contributed by atoms with Gasteiger partial charge in [0.25, 0.3) is 0 Å². The van der Waals surface area contributed by atoms with Gasteiger partial charge in [-0.3, -0.25) is 0 Å². The Morgan fingerprint density at radius 2 is 2.00 bits per heavy atom. The van der Waals surface area contributed by atoms with Crippen molar-refractivity contribution in [2.24, 2.45) is 5.92 Å². The lowest BCUT2D eigenvalue weighted by atomic mass is 9.92. The van der Waals surface area contributed by atoms with E-state index in [0.717, 1.165) is 49.3 Å². The summed E-state index contributed by atoms with van der Waals surface area (Å²) < 4.78 is 0. The van der Waals surface area contributed by atoms with Crippen molar-refractivity contribution in [3.05, 3.63) is 11.4 Å². The summed E-state index contributed by atoms with van der Waals surface area (Å²) in [6.07, 6.45) is 4.61. The first-order valence-electron chi connectivity index (χ1n) is 8.46. The van der Waals surface area contributed by atoms with Crippen LogP contribution in [-0.2, 0) is 6.42 Å². The Balaban J connectivity index is 2.40. The van der Waals surface area contributed by atoms with Crippen LogP contribution >= 0.6 is 0 Å². The molecule has 0 spiro atoms. The van der Waals surface area contributed by atoms with Crippen molar-refractivity contribution < 1.29 is 0 Å². The van der Waals surface area contributed by atoms with Crippen LogP contribution in [0.25, 0.3) is 0 Å². The lowest BCUT2D eigenvalue weighted by Gasteiger charge is -2.39. The van der Waals surface area contributed by atoms with Crippen molar-refractivity contribution in [1.29, 1.82) is 0 Å². The largest absolute Gasteiger partial charge is 0.370 e. The zero-order valence-electron chi connectivity index (χ0n) is 14.2. The Morgan fingerprint density at radius 3 is 2.67 bits per heavy atom. The first-order chi connectivity index (χ1) is 10.1. The summed E-state index contributed by atoms with van der Waals surface area (Å²) >= 11 is 0. The second-order valence-corrected chi connectivity index (χ2v) is 6.27. The number of hydrogen-bond donors (Lipinski definition) is 1. The molecule has 0 amide bonds. The molecule has 1 aliphatic heterocycles. The molecule has 1 N–H and O–H groups in total. The predicted molar refractivity (Wildman–Crippen MR) is 90.1 cm³/mol. The molecule has 0 radical (unpaired) electrons. The normalized spacial score (nSPS) is 22.4. The highest BCUT2D eigenvalue weighted by Crippen LogP contribution is 2.31. The minimum atomic E-state index is 0.552. The molecule has 0 saturated carbocycles. The van der Waals surface area contributed by atoms with E-state index in [0.29, 0.717) is 6.04 Å². The second-order valence-electron chi connectivity index (χ2n) is 6.27. The van der Waals surface area contributed by atoms with E-state index in [9.17, 15) is 0 Å². The summed E-state index contributed by atoms with van der Waals surface area (Å²) in [5, 5.41) is 3.40. The summed E-state index contributed by atoms with van der Waals surface area (Å²) in [5.41, 5.74) is 1.19. The molecule has 0 aromatic carbocycles. The van der Waals surface area contributed by atoms with Crippen LogP contribution in [0.4, 0.5) is 11.6 Å². The van der Waals surface area contributed by atoms with Gasteiger partial charge in [0, 0.05) is 31.1 Å². The Hall–Kier alpha value is -1.32. The average Bonchev–Trinajstić information content (AvgIpc) is 2.46. The fraction of sp³-hybridized carbons (Fsp3) is 0.765. The molecule has 2 rings (SSSR count). The molecule has 2 unspecified atom stereocenters. The van der Waals surface area contributed by atoms with Crippen LogP contribution in [0, 0.1) is 12.8 Å². The number of rotatable bonds is 5. The van der Waals surface area contributed by atoms with Crippen LogP contribution in [-0.4, -0.2) is 29.1 Å². The molecule has 1 saturated heterocycles. The molecule has 1 aromatic rings. The number of aryl methyl sites for hydroxylation is 1. The molecule has 118 valence electrons. The fourth-order valence-corrected chi connectivity index (χ4v) is 3.14. The highest BCUT2D eigenvalue weighted by Gasteiger charge is 2.27. The van der Waals surface area contributed by atoms with Gasteiger partial charge in [0.05, 0.1) is 0 Å². The van der Waals surface area contributed by atoms with E-state index < -0.39 is 0 Å². The Morgan fingerprint density at radius 1 is 1.24 bits per heavy atom. The summed E-state index contributed by atoms with van der Waals surface area (Å²) in [6, 6.07) is 0.552. The molecule has 4 nitrogen and oxygen atoms in total. The first kappa shape index (κ1) is 16.1. The number of aromatic nitrogens is 2. The van der Waals surface area contributed by atoms with E-state index in [1.165, 1.54) is 18.4 Å². The second kappa shape index (κ2) is 7.10. The summed E-state index contributed by atoms with van der Waals surface area (Å²) in [4.78, 5) is 12.1. The lowest BCUT2D eigenvalue weighted by molar-refractivity contribution is 0.361. The third kappa shape index (κ3) is 3.47. The maximum absolute atomic E-state index is 4.89. The molecule has 4 heteroatoms. The van der Waals surface area contributed by atoms with Crippen molar-refractivity contribution >= 4 is 11.6 Å². The van der Waals surface area contributed by atoms with E-state index >= 15 is 0 Å². The number of hydrogen-bond acceptors (Lipinski definition) is 4. The zero-order chi connectivity index (χ0) is 15.4. The van der Waals surface area contributed by atoms with Crippen LogP contribution in [0.3, 0.4) is 0 Å². The summed E-state index contributed by atoms with van der Waals surface area (Å²) in [7, 11) is 0. The molecule has 1 aliphatic rings. The van der Waals surface area contributed by atoms with Crippen LogP contribution in [0.1, 0.15) is 58.3 Å². The summed E-state index contributed by atoms with van der Waals surface area (Å²) in [6.45, 7) is 13.1. The van der Waals surface area contributed by atoms with E-state index in [1.807, 2.05) is 0 Å². The first-order valence-corrected chi connectivity index (χ1v) is 8.46. The van der Waals surface area contributed by atoms with Gasteiger partial charge in [0.1, 0.15) is 17.5 Å². The minimum Gasteiger partial charge on any atom is -0.370 e. The van der Waals surface area contributed by atoms with E-state index in [2.05, 4.69) is 44.8 Å². The monoisotopic (exact) mass is 290 g/mol. The molecule has 0 aliphatic carbocycles. The topological polar surface area (TPSA) is 41.1 Å². The maximum atomic E-state index is 4.89. The number of nitrogens with zero attached hydrogens (tertiary/aromatic N) is 3. The van der Waals surface area contributed by atoms with Gasteiger partial charge in [0.2, 0.25) is 0 Å². The van der Waals surface area contributed by atoms with Crippen molar-refractivity contribution in [1.82, 2.24) is 9.97 Å². The molecule has 21 heavy (non-hydrogen) atoms. The SMILES string of the molecule is CCCc1nc(NCC)c(C)c(N2CCCC(C)C2C)n1. The van der Waals surface area contributed by atoms with E-state index in [4.69, 9.17) is 9.97 Å². The molecule has 0 bridgehead atoms. The van der Waals surface area contributed by atoms with Crippen molar-refractivity contribution in [3.8, 4) is 0 Å². The van der Waals surface area contributed by atoms with Crippen molar-refractivity contribution in [2.75, 3.05) is 23.3 Å². The molecule has 1 fully saturated rings. The summed E-state index contributed by atoms with van der Waals surface area (Å²) in [5.74, 6) is 3.85. The molecular weight excluding hydrogens is 260 g/mol. The molecule has 2 atom stereocenters. The maximum Gasteiger partial charge on any atom is 0.137 e. The Kier molecular flexibility index (Phi) is 5.43. The van der Waals surface area contributed by atoms with Crippen molar-refractivity contribution in [3.63, 3.8) is 0 Å². The molecule has 2 heterocycles. The third-order valence-electron chi connectivity index (χ3n) is 4.63. The smallest absolute Gasteiger partial charge is 0.137 e. The minimum absolute atomic E-state index is 0.552. The van der Waals surface area contributed by atoms with Crippen LogP contribution in [0.5, 0.6) is 0 Å². The number of nitrogens with one attached hydrogen (secondary N) is 1. The van der Waals surface area contributed by atoms with E-state index in [-0.39, 0.29) is 0 Å². The fourth-order valence-electron chi connectivity index (χ4n) is 3.14. The zero-order valence-corrected chi connectivity index (χ0v) is 14.2. The van der Waals surface area contributed by atoms with Gasteiger partial charge in [-0.25, -0.2) is 9.97 Å². The molecular formula is C17H30N4. The van der Waals surface area contributed by atoms with Gasteiger partial charge in [0.15, 0.2) is 0 Å². The van der Waals surface area contributed by atoms with Crippen LogP contribution in [0.2, 0.25) is 0 Å². The van der Waals surface area contributed by atoms with Gasteiger partial charge in [-0.15, -0.1) is 0 Å². The van der Waals surface area contributed by atoms with Gasteiger partial charge >= 0.3 is 0 Å². The quantitative estimate of drug-likeness (QED) is 0.895. The lowest BCUT2D eigenvalue weighted by Crippen LogP contribution is -2.43.